The Morgan fingerprint density at radius 3 is 2.21 bits per heavy atom. The van der Waals surface area contributed by atoms with E-state index in [-0.39, 0.29) is 29.9 Å². The summed E-state index contributed by atoms with van der Waals surface area (Å²) in [6, 6.07) is -1.30. The fraction of sp³-hybridized carbons (Fsp3) is 0.696. The van der Waals surface area contributed by atoms with E-state index in [0.29, 0.717) is 18.8 Å². The summed E-state index contributed by atoms with van der Waals surface area (Å²) >= 11 is 0. The Balaban J connectivity index is 2.10. The molecule has 1 fully saturated rings. The Morgan fingerprint density at radius 1 is 1.09 bits per heavy atom. The summed E-state index contributed by atoms with van der Waals surface area (Å²) in [5, 5.41) is 11.7. The molecule has 0 saturated carbocycles. The number of ketones is 1. The second kappa shape index (κ2) is 11.6. The number of epoxide rings is 1. The Morgan fingerprint density at radius 2 is 1.74 bits per heavy atom. The highest BCUT2D eigenvalue weighted by atomic mass is 16.6. The maximum Gasteiger partial charge on any atom is 0.274 e. The smallest absolute Gasteiger partial charge is 0.274 e. The molecule has 11 heteroatoms. The molecule has 4 atom stereocenters. The Hall–Kier alpha value is -2.79. The topological polar surface area (TPSA) is 152 Å². The number of carbonyl (C=O) groups is 4. The molecular formula is C23H36N4O7. The van der Waals surface area contributed by atoms with Gasteiger partial charge >= 0.3 is 0 Å². The number of carbonyl (C=O) groups excluding carboxylic acids is 4. The van der Waals surface area contributed by atoms with Gasteiger partial charge < -0.3 is 29.9 Å². The molecule has 2 rings (SSSR count). The molecule has 0 radical (unpaired) electrons. The van der Waals surface area contributed by atoms with Crippen molar-refractivity contribution in [3.63, 3.8) is 0 Å². The first-order valence-electron chi connectivity index (χ1n) is 11.4. The number of Topliss-reactive ketones (excluding diaryl/α,β-unsaturated/α-hetero) is 1. The van der Waals surface area contributed by atoms with E-state index < -0.39 is 41.4 Å². The monoisotopic (exact) mass is 480 g/mol. The first-order chi connectivity index (χ1) is 15.9. The van der Waals surface area contributed by atoms with E-state index in [0.717, 1.165) is 0 Å². The van der Waals surface area contributed by atoms with Crippen LogP contribution in [0, 0.1) is 18.8 Å². The van der Waals surface area contributed by atoms with Crippen LogP contribution >= 0.6 is 0 Å². The molecule has 0 spiro atoms. The number of nitrogens with zero attached hydrogens (tertiary/aromatic N) is 1. The van der Waals surface area contributed by atoms with Crippen LogP contribution in [0.2, 0.25) is 0 Å². The zero-order chi connectivity index (χ0) is 25.6. The van der Waals surface area contributed by atoms with E-state index in [1.165, 1.54) is 13.2 Å². The molecule has 1 aromatic rings. The van der Waals surface area contributed by atoms with Gasteiger partial charge in [0.25, 0.3) is 5.91 Å². The van der Waals surface area contributed by atoms with Crippen molar-refractivity contribution >= 4 is 23.5 Å². The lowest BCUT2D eigenvalue weighted by Gasteiger charge is -2.28. The average molecular weight is 481 g/mol. The molecule has 0 aliphatic carbocycles. The number of nitrogens with one attached hydrogen (secondary N) is 3. The third-order valence-corrected chi connectivity index (χ3v) is 5.50. The molecular weight excluding hydrogens is 444 g/mol. The predicted molar refractivity (Wildman–Crippen MR) is 122 cm³/mol. The van der Waals surface area contributed by atoms with E-state index in [4.69, 9.17) is 14.0 Å². The van der Waals surface area contributed by atoms with Crippen LogP contribution in [0.4, 0.5) is 0 Å². The van der Waals surface area contributed by atoms with Crippen molar-refractivity contribution in [3.8, 4) is 0 Å². The number of ether oxygens (including phenoxy) is 2. The fourth-order valence-corrected chi connectivity index (χ4v) is 3.43. The molecule has 4 unspecified atom stereocenters. The first-order valence-corrected chi connectivity index (χ1v) is 11.4. The van der Waals surface area contributed by atoms with Crippen LogP contribution in [0.15, 0.2) is 10.6 Å². The maximum absolute atomic E-state index is 13.1. The largest absolute Gasteiger partial charge is 0.382 e. The van der Waals surface area contributed by atoms with Gasteiger partial charge in [-0.15, -0.1) is 0 Å². The van der Waals surface area contributed by atoms with Gasteiger partial charge in [0, 0.05) is 13.2 Å². The first kappa shape index (κ1) is 27.5. The van der Waals surface area contributed by atoms with Crippen molar-refractivity contribution in [2.75, 3.05) is 20.3 Å². The van der Waals surface area contributed by atoms with Crippen LogP contribution in [0.3, 0.4) is 0 Å². The number of hydrogen-bond donors (Lipinski definition) is 3. The van der Waals surface area contributed by atoms with Crippen LogP contribution in [0.5, 0.6) is 0 Å². The second-order valence-electron chi connectivity index (χ2n) is 9.61. The van der Waals surface area contributed by atoms with Gasteiger partial charge in [-0.3, -0.25) is 19.2 Å². The normalized spacial score (nSPS) is 19.9. The highest BCUT2D eigenvalue weighted by Crippen LogP contribution is 2.29. The van der Waals surface area contributed by atoms with Gasteiger partial charge in [-0.05, 0) is 32.1 Å². The van der Waals surface area contributed by atoms with E-state index in [2.05, 4.69) is 21.1 Å². The summed E-state index contributed by atoms with van der Waals surface area (Å²) in [6.07, 6.45) is 0.446. The summed E-state index contributed by atoms with van der Waals surface area (Å²) in [5.74, 6) is -1.57. The van der Waals surface area contributed by atoms with Crippen molar-refractivity contribution in [2.45, 2.75) is 71.7 Å². The van der Waals surface area contributed by atoms with Gasteiger partial charge in [0.15, 0.2) is 11.5 Å². The minimum atomic E-state index is -1.07. The highest BCUT2D eigenvalue weighted by molar-refractivity contribution is 5.99. The highest BCUT2D eigenvalue weighted by Gasteiger charge is 2.50. The predicted octanol–water partition coefficient (Wildman–Crippen LogP) is 0.758. The minimum Gasteiger partial charge on any atom is -0.382 e. The summed E-state index contributed by atoms with van der Waals surface area (Å²) in [4.78, 5) is 51.4. The van der Waals surface area contributed by atoms with E-state index in [1.54, 1.807) is 27.7 Å². The molecule has 3 amide bonds. The Labute approximate surface area is 199 Å². The van der Waals surface area contributed by atoms with Gasteiger partial charge in [-0.25, -0.2) is 0 Å². The van der Waals surface area contributed by atoms with Gasteiger partial charge in [-0.1, -0.05) is 32.9 Å². The van der Waals surface area contributed by atoms with Gasteiger partial charge in [0.05, 0.1) is 19.3 Å². The number of aryl methyl sites for hydroxylation is 1. The van der Waals surface area contributed by atoms with Gasteiger partial charge in [0.2, 0.25) is 11.8 Å². The lowest BCUT2D eigenvalue weighted by atomic mass is 9.92. The van der Waals surface area contributed by atoms with Crippen LogP contribution in [-0.2, 0) is 23.9 Å². The number of amides is 3. The summed E-state index contributed by atoms with van der Waals surface area (Å²) in [7, 11) is 1.39. The lowest BCUT2D eigenvalue weighted by Crippen LogP contribution is -2.59. The molecule has 0 bridgehead atoms. The van der Waals surface area contributed by atoms with Crippen molar-refractivity contribution in [1.82, 2.24) is 21.1 Å². The molecule has 1 aliphatic heterocycles. The molecule has 0 aromatic carbocycles. The van der Waals surface area contributed by atoms with E-state index in [9.17, 15) is 19.2 Å². The zero-order valence-electron chi connectivity index (χ0n) is 20.9. The van der Waals surface area contributed by atoms with Crippen LogP contribution < -0.4 is 16.0 Å². The third-order valence-electron chi connectivity index (χ3n) is 5.50. The van der Waals surface area contributed by atoms with Crippen molar-refractivity contribution in [1.29, 1.82) is 0 Å². The number of methoxy groups -OCH3 is 1. The number of rotatable bonds is 13. The maximum atomic E-state index is 13.1. The number of hydrogen-bond acceptors (Lipinski definition) is 8. The average Bonchev–Trinajstić information content (AvgIpc) is 3.35. The van der Waals surface area contributed by atoms with Crippen LogP contribution in [0.25, 0.3) is 0 Å². The standard InChI is InChI=1S/C23H36N4O7/c1-12(2)8-15(19(28)23(6)11-33-23)24-22(31)18(13(3)4)26-21(30)17(10-32-7)25-20(29)16-9-14(5)34-27-16/h9,12-13,15,17-18H,8,10-11H2,1-7H3,(H,24,31)(H,25,29)(H,26,30). The summed E-state index contributed by atoms with van der Waals surface area (Å²) in [6.45, 7) is 11.0. The minimum absolute atomic E-state index is 0.0235. The Kier molecular flexibility index (Phi) is 9.34. The summed E-state index contributed by atoms with van der Waals surface area (Å²) in [5.41, 5.74) is -0.855. The third kappa shape index (κ3) is 7.36. The van der Waals surface area contributed by atoms with Crippen molar-refractivity contribution < 1.29 is 33.2 Å². The van der Waals surface area contributed by atoms with E-state index in [1.807, 2.05) is 13.8 Å². The van der Waals surface area contributed by atoms with Crippen LogP contribution in [-0.4, -0.2) is 72.7 Å². The van der Waals surface area contributed by atoms with Crippen molar-refractivity contribution in [2.24, 2.45) is 11.8 Å². The molecule has 1 aliphatic rings. The molecule has 3 N–H and O–H groups in total. The lowest BCUT2D eigenvalue weighted by molar-refractivity contribution is -0.134. The molecule has 11 nitrogen and oxygen atoms in total. The molecule has 190 valence electrons. The number of aromatic nitrogens is 1. The molecule has 1 saturated heterocycles. The quantitative estimate of drug-likeness (QED) is 0.350. The molecule has 2 heterocycles. The van der Waals surface area contributed by atoms with Crippen molar-refractivity contribution in [3.05, 3.63) is 17.5 Å². The van der Waals surface area contributed by atoms with Gasteiger partial charge in [0.1, 0.15) is 23.4 Å². The van der Waals surface area contributed by atoms with Crippen LogP contribution in [0.1, 0.15) is 57.3 Å². The van der Waals surface area contributed by atoms with Gasteiger partial charge in [-0.2, -0.15) is 0 Å². The summed E-state index contributed by atoms with van der Waals surface area (Å²) < 4.78 is 15.2. The molecule has 1 aromatic heterocycles. The fourth-order valence-electron chi connectivity index (χ4n) is 3.43. The van der Waals surface area contributed by atoms with E-state index >= 15 is 0 Å². The molecule has 34 heavy (non-hydrogen) atoms. The SMILES string of the molecule is COCC(NC(=O)c1cc(C)on1)C(=O)NC(C(=O)NC(CC(C)C)C(=O)C1(C)CO1)C(C)C. The zero-order valence-corrected chi connectivity index (χ0v) is 20.9. The Bertz CT molecular complexity index is 892. The second-order valence-corrected chi connectivity index (χ2v) is 9.61.